The van der Waals surface area contributed by atoms with Crippen molar-refractivity contribution in [2.24, 2.45) is 0 Å². The lowest BCUT2D eigenvalue weighted by Crippen LogP contribution is -2.39. The molecule has 2 rings (SSSR count). The van der Waals surface area contributed by atoms with Crippen molar-refractivity contribution in [2.45, 2.75) is 51.8 Å². The number of aromatic nitrogens is 2. The van der Waals surface area contributed by atoms with E-state index >= 15 is 0 Å². The molecule has 0 unspecified atom stereocenters. The third-order valence-corrected chi connectivity index (χ3v) is 3.11. The molecule has 1 saturated carbocycles. The van der Waals surface area contributed by atoms with Gasteiger partial charge in [0.2, 0.25) is 5.95 Å². The van der Waals surface area contributed by atoms with Gasteiger partial charge in [0.1, 0.15) is 0 Å². The number of hydrogen-bond donors (Lipinski definition) is 2. The maximum absolute atomic E-state index is 9.88. The van der Waals surface area contributed by atoms with Gasteiger partial charge >= 0.3 is 0 Å². The molecule has 2 N–H and O–H groups in total. The van der Waals surface area contributed by atoms with E-state index in [1.807, 2.05) is 24.2 Å². The Bertz CT molecular complexity index is 395. The van der Waals surface area contributed by atoms with Crippen molar-refractivity contribution in [3.8, 4) is 0 Å². The zero-order chi connectivity index (χ0) is 13.9. The molecule has 0 radical (unpaired) electrons. The summed E-state index contributed by atoms with van der Waals surface area (Å²) in [6.45, 7) is 7.78. The highest BCUT2D eigenvalue weighted by Gasteiger charge is 2.21. The maximum Gasteiger partial charge on any atom is 0.225 e. The van der Waals surface area contributed by atoms with E-state index < -0.39 is 5.60 Å². The second-order valence-corrected chi connectivity index (χ2v) is 5.87. The Balaban J connectivity index is 1.94. The molecule has 1 aliphatic rings. The first-order valence-electron chi connectivity index (χ1n) is 6.99. The molecular formula is C14H24N4O. The van der Waals surface area contributed by atoms with Crippen molar-refractivity contribution in [3.05, 3.63) is 18.0 Å². The minimum Gasteiger partial charge on any atom is -0.389 e. The minimum absolute atomic E-state index is 0.531. The monoisotopic (exact) mass is 264 g/mol. The lowest BCUT2D eigenvalue weighted by Gasteiger charge is -2.28. The Hall–Kier alpha value is -1.20. The molecule has 1 heterocycles. The van der Waals surface area contributed by atoms with Gasteiger partial charge in [-0.05, 0) is 33.6 Å². The average molecular weight is 264 g/mol. The quantitative estimate of drug-likeness (QED) is 0.778. The second-order valence-electron chi connectivity index (χ2n) is 5.87. The zero-order valence-corrected chi connectivity index (χ0v) is 12.1. The number of likely N-dealkylation sites (N-methyl/N-ethyl adjacent to an activating group) is 1. The summed E-state index contributed by atoms with van der Waals surface area (Å²) in [5.41, 5.74) is 0.362. The van der Waals surface area contributed by atoms with E-state index in [4.69, 9.17) is 0 Å². The summed E-state index contributed by atoms with van der Waals surface area (Å²) in [5.74, 6) is 0.680. The highest BCUT2D eigenvalue weighted by molar-refractivity contribution is 5.30. The third-order valence-electron chi connectivity index (χ3n) is 3.11. The van der Waals surface area contributed by atoms with Gasteiger partial charge in [0, 0.05) is 43.6 Å². The number of hydrogen-bond acceptors (Lipinski definition) is 5. The fraction of sp³-hybridized carbons (Fsp3) is 0.714. The van der Waals surface area contributed by atoms with Crippen LogP contribution in [0.5, 0.6) is 0 Å². The van der Waals surface area contributed by atoms with Gasteiger partial charge < -0.3 is 15.3 Å². The number of nitrogens with one attached hydrogen (secondary N) is 1. The fourth-order valence-corrected chi connectivity index (χ4v) is 1.94. The van der Waals surface area contributed by atoms with Crippen LogP contribution in [-0.4, -0.2) is 39.8 Å². The molecule has 0 bridgehead atoms. The first-order chi connectivity index (χ1) is 8.98. The maximum atomic E-state index is 9.88. The number of anilines is 1. The van der Waals surface area contributed by atoms with E-state index in [-0.39, 0.29) is 0 Å². The molecule has 5 heteroatoms. The van der Waals surface area contributed by atoms with Crippen LogP contribution in [0, 0.1) is 0 Å². The molecule has 0 spiro atoms. The Kier molecular flexibility index (Phi) is 4.37. The number of nitrogens with zero attached hydrogens (tertiary/aromatic N) is 3. The van der Waals surface area contributed by atoms with Crippen molar-refractivity contribution in [1.29, 1.82) is 0 Å². The summed E-state index contributed by atoms with van der Waals surface area (Å²) in [5, 5.41) is 13.3. The minimum atomic E-state index is -0.744. The first-order valence-corrected chi connectivity index (χ1v) is 6.99. The molecule has 5 nitrogen and oxygen atoms in total. The molecule has 106 valence electrons. The molecule has 0 aliphatic heterocycles. The van der Waals surface area contributed by atoms with Gasteiger partial charge in [-0.3, -0.25) is 0 Å². The van der Waals surface area contributed by atoms with E-state index in [1.54, 1.807) is 13.8 Å². The van der Waals surface area contributed by atoms with Crippen molar-refractivity contribution in [2.75, 3.05) is 18.0 Å². The largest absolute Gasteiger partial charge is 0.389 e. The first kappa shape index (κ1) is 14.2. The van der Waals surface area contributed by atoms with Gasteiger partial charge in [-0.1, -0.05) is 0 Å². The number of aliphatic hydroxyl groups is 1. The summed E-state index contributed by atoms with van der Waals surface area (Å²) in [4.78, 5) is 10.8. The van der Waals surface area contributed by atoms with Crippen LogP contribution in [0.4, 0.5) is 5.95 Å². The second kappa shape index (κ2) is 5.84. The predicted octanol–water partition coefficient (Wildman–Crippen LogP) is 1.33. The van der Waals surface area contributed by atoms with Crippen molar-refractivity contribution >= 4 is 5.95 Å². The van der Waals surface area contributed by atoms with Crippen LogP contribution in [-0.2, 0) is 6.54 Å². The summed E-state index contributed by atoms with van der Waals surface area (Å²) in [6.07, 6.45) is 6.30. The van der Waals surface area contributed by atoms with Crippen molar-refractivity contribution < 1.29 is 5.11 Å². The fourth-order valence-electron chi connectivity index (χ4n) is 1.94. The van der Waals surface area contributed by atoms with Crippen LogP contribution in [0.15, 0.2) is 12.4 Å². The molecule has 0 aromatic carbocycles. The normalized spacial score (nSPS) is 15.6. The summed E-state index contributed by atoms with van der Waals surface area (Å²) < 4.78 is 0. The Morgan fingerprint density at radius 2 is 2.00 bits per heavy atom. The van der Waals surface area contributed by atoms with Gasteiger partial charge in [-0.2, -0.15) is 0 Å². The molecule has 1 aromatic rings. The average Bonchev–Trinajstić information content (AvgIpc) is 3.17. The molecule has 1 aromatic heterocycles. The Labute approximate surface area is 115 Å². The van der Waals surface area contributed by atoms with E-state index in [2.05, 4.69) is 15.3 Å². The van der Waals surface area contributed by atoms with Crippen LogP contribution in [0.1, 0.15) is 39.2 Å². The third kappa shape index (κ3) is 4.76. The van der Waals surface area contributed by atoms with E-state index in [0.29, 0.717) is 18.5 Å². The van der Waals surface area contributed by atoms with E-state index in [9.17, 15) is 5.11 Å². The molecule has 1 fully saturated rings. The summed E-state index contributed by atoms with van der Waals surface area (Å²) in [7, 11) is 0. The summed E-state index contributed by atoms with van der Waals surface area (Å²) in [6, 6.07) is 0.696. The van der Waals surface area contributed by atoms with Crippen LogP contribution in [0.3, 0.4) is 0 Å². The summed E-state index contributed by atoms with van der Waals surface area (Å²) >= 11 is 0. The molecule has 19 heavy (non-hydrogen) atoms. The van der Waals surface area contributed by atoms with E-state index in [1.165, 1.54) is 12.8 Å². The van der Waals surface area contributed by atoms with Crippen LogP contribution in [0.25, 0.3) is 0 Å². The predicted molar refractivity (Wildman–Crippen MR) is 76.1 cm³/mol. The molecule has 1 aliphatic carbocycles. The lowest BCUT2D eigenvalue weighted by atomic mass is 10.1. The highest BCUT2D eigenvalue weighted by Crippen LogP contribution is 2.19. The molecule has 0 atom stereocenters. The van der Waals surface area contributed by atoms with Crippen molar-refractivity contribution in [1.82, 2.24) is 15.3 Å². The van der Waals surface area contributed by atoms with Gasteiger partial charge in [-0.15, -0.1) is 0 Å². The Morgan fingerprint density at radius 3 is 2.47 bits per heavy atom. The van der Waals surface area contributed by atoms with E-state index in [0.717, 1.165) is 18.7 Å². The van der Waals surface area contributed by atoms with Gasteiger partial charge in [-0.25, -0.2) is 9.97 Å². The van der Waals surface area contributed by atoms with Crippen LogP contribution >= 0.6 is 0 Å². The smallest absolute Gasteiger partial charge is 0.225 e. The molecule has 0 saturated heterocycles. The zero-order valence-electron chi connectivity index (χ0n) is 12.1. The SMILES string of the molecule is CCN(CC(C)(C)O)c1ncc(CNC2CC2)cn1. The topological polar surface area (TPSA) is 61.3 Å². The van der Waals surface area contributed by atoms with Gasteiger partial charge in [0.15, 0.2) is 0 Å². The lowest BCUT2D eigenvalue weighted by molar-refractivity contribution is 0.0872. The van der Waals surface area contributed by atoms with Crippen LogP contribution < -0.4 is 10.2 Å². The Morgan fingerprint density at radius 1 is 1.37 bits per heavy atom. The highest BCUT2D eigenvalue weighted by atomic mass is 16.3. The molecular weight excluding hydrogens is 240 g/mol. The van der Waals surface area contributed by atoms with Crippen molar-refractivity contribution in [3.63, 3.8) is 0 Å². The van der Waals surface area contributed by atoms with Gasteiger partial charge in [0.25, 0.3) is 0 Å². The molecule has 0 amide bonds. The standard InChI is InChI=1S/C14H24N4O/c1-4-18(10-14(2,3)19)13-16-8-11(9-17-13)7-15-12-5-6-12/h8-9,12,15,19H,4-7,10H2,1-3H3. The van der Waals surface area contributed by atoms with Gasteiger partial charge in [0.05, 0.1) is 5.60 Å². The van der Waals surface area contributed by atoms with Crippen LogP contribution in [0.2, 0.25) is 0 Å². The number of rotatable bonds is 7.